The Bertz CT molecular complexity index is 1430. The third-order valence-corrected chi connectivity index (χ3v) is 9.31. The number of aryl methyl sites for hydroxylation is 1. The minimum Gasteiger partial charge on any atom is -0.302 e. The van der Waals surface area contributed by atoms with Crippen LogP contribution in [-0.4, -0.2) is 39.9 Å². The van der Waals surface area contributed by atoms with Crippen molar-refractivity contribution in [2.24, 2.45) is 5.92 Å². The number of hydrogen-bond acceptors (Lipinski definition) is 8. The Balaban J connectivity index is 1.18. The van der Waals surface area contributed by atoms with Crippen molar-refractivity contribution in [2.75, 3.05) is 11.1 Å². The van der Waals surface area contributed by atoms with Crippen LogP contribution >= 0.6 is 11.3 Å². The molecule has 1 aromatic carbocycles. The molecule has 0 unspecified atom stereocenters. The molecule has 192 valence electrons. The van der Waals surface area contributed by atoms with Crippen LogP contribution in [0.5, 0.6) is 0 Å². The maximum absolute atomic E-state index is 12.7. The highest BCUT2D eigenvalue weighted by atomic mass is 32.2. The molecule has 1 atom stereocenters. The first-order valence-electron chi connectivity index (χ1n) is 12.3. The van der Waals surface area contributed by atoms with Gasteiger partial charge in [0.05, 0.1) is 35.3 Å². The summed E-state index contributed by atoms with van der Waals surface area (Å²) in [5, 5.41) is 3.51. The fraction of sp³-hybridized carbons (Fsp3) is 0.333. The SMILES string of the molecule is CC[C@H]1c2nc(NC(=O)Cc3ccc(S(=O)(=O)CC4C=CC=C4)cc3)sc2CN1Cc1ncc(C)cn1. The van der Waals surface area contributed by atoms with Crippen molar-refractivity contribution < 1.29 is 13.2 Å². The van der Waals surface area contributed by atoms with E-state index >= 15 is 0 Å². The van der Waals surface area contributed by atoms with E-state index in [9.17, 15) is 13.2 Å². The Morgan fingerprint density at radius 3 is 2.51 bits per heavy atom. The molecule has 0 saturated heterocycles. The van der Waals surface area contributed by atoms with Gasteiger partial charge in [0, 0.05) is 29.7 Å². The van der Waals surface area contributed by atoms with Crippen LogP contribution in [0.1, 0.15) is 46.9 Å². The average Bonchev–Trinajstić information content (AvgIpc) is 3.57. The van der Waals surface area contributed by atoms with Gasteiger partial charge in [-0.15, -0.1) is 11.3 Å². The molecule has 3 aromatic rings. The van der Waals surface area contributed by atoms with Crippen molar-refractivity contribution in [1.82, 2.24) is 19.9 Å². The van der Waals surface area contributed by atoms with Gasteiger partial charge in [-0.2, -0.15) is 0 Å². The summed E-state index contributed by atoms with van der Waals surface area (Å²) in [6.07, 6.45) is 12.2. The van der Waals surface area contributed by atoms with E-state index in [1.54, 1.807) is 24.3 Å². The molecule has 1 aliphatic carbocycles. The number of amides is 1. The Labute approximate surface area is 221 Å². The van der Waals surface area contributed by atoms with E-state index in [0.29, 0.717) is 11.7 Å². The van der Waals surface area contributed by atoms with Gasteiger partial charge >= 0.3 is 0 Å². The van der Waals surface area contributed by atoms with E-state index in [-0.39, 0.29) is 34.9 Å². The zero-order valence-corrected chi connectivity index (χ0v) is 22.4. The third-order valence-electron chi connectivity index (χ3n) is 6.53. The van der Waals surface area contributed by atoms with Crippen LogP contribution in [0.15, 0.2) is 65.9 Å². The van der Waals surface area contributed by atoms with Gasteiger partial charge in [0.2, 0.25) is 5.91 Å². The van der Waals surface area contributed by atoms with Crippen LogP contribution in [0.4, 0.5) is 5.13 Å². The first-order valence-corrected chi connectivity index (χ1v) is 14.8. The fourth-order valence-corrected chi connectivity index (χ4v) is 7.19. The summed E-state index contributed by atoms with van der Waals surface area (Å²) >= 11 is 1.50. The van der Waals surface area contributed by atoms with Gasteiger partial charge in [0.25, 0.3) is 0 Å². The van der Waals surface area contributed by atoms with Gasteiger partial charge in [-0.25, -0.2) is 23.4 Å². The number of aromatic nitrogens is 3. The largest absolute Gasteiger partial charge is 0.302 e. The highest BCUT2D eigenvalue weighted by Gasteiger charge is 2.33. The maximum Gasteiger partial charge on any atom is 0.230 e. The summed E-state index contributed by atoms with van der Waals surface area (Å²) in [5.74, 6) is 0.564. The van der Waals surface area contributed by atoms with Crippen LogP contribution in [0.3, 0.4) is 0 Å². The zero-order valence-electron chi connectivity index (χ0n) is 20.8. The van der Waals surface area contributed by atoms with Gasteiger partial charge in [-0.1, -0.05) is 43.4 Å². The van der Waals surface area contributed by atoms with Crippen molar-refractivity contribution in [3.8, 4) is 0 Å². The van der Waals surface area contributed by atoms with Crippen molar-refractivity contribution >= 4 is 32.2 Å². The van der Waals surface area contributed by atoms with Gasteiger partial charge in [0.15, 0.2) is 15.0 Å². The summed E-state index contributed by atoms with van der Waals surface area (Å²) < 4.78 is 25.3. The molecular formula is C27H29N5O3S2. The molecule has 0 spiro atoms. The number of hydrogen-bond donors (Lipinski definition) is 1. The number of nitrogens with one attached hydrogen (secondary N) is 1. The number of benzene rings is 1. The summed E-state index contributed by atoms with van der Waals surface area (Å²) in [4.78, 5) is 30.0. The van der Waals surface area contributed by atoms with Crippen LogP contribution in [0.25, 0.3) is 0 Å². The lowest BCUT2D eigenvalue weighted by molar-refractivity contribution is -0.115. The Morgan fingerprint density at radius 2 is 1.84 bits per heavy atom. The number of thiazole rings is 1. The lowest BCUT2D eigenvalue weighted by atomic mass is 10.1. The maximum atomic E-state index is 12.7. The number of carbonyl (C=O) groups excluding carboxylic acids is 1. The normalized spacial score (nSPS) is 17.4. The second-order valence-electron chi connectivity index (χ2n) is 9.42. The molecule has 1 amide bonds. The molecule has 0 saturated carbocycles. The number of sulfone groups is 1. The topological polar surface area (TPSA) is 105 Å². The molecule has 2 aliphatic rings. The van der Waals surface area contributed by atoms with Gasteiger partial charge in [-0.05, 0) is 36.6 Å². The third kappa shape index (κ3) is 5.87. The predicted molar refractivity (Wildman–Crippen MR) is 144 cm³/mol. The molecule has 0 radical (unpaired) electrons. The Kier molecular flexibility index (Phi) is 7.32. The van der Waals surface area contributed by atoms with E-state index in [4.69, 9.17) is 4.98 Å². The summed E-state index contributed by atoms with van der Waals surface area (Å²) in [6, 6.07) is 6.72. The minimum atomic E-state index is -3.39. The smallest absolute Gasteiger partial charge is 0.230 e. The molecule has 37 heavy (non-hydrogen) atoms. The number of nitrogens with zero attached hydrogens (tertiary/aromatic N) is 4. The van der Waals surface area contributed by atoms with Crippen molar-refractivity contribution in [3.05, 3.63) is 88.5 Å². The van der Waals surface area contributed by atoms with Gasteiger partial charge in [0.1, 0.15) is 5.82 Å². The predicted octanol–water partition coefficient (Wildman–Crippen LogP) is 4.41. The second kappa shape index (κ2) is 10.6. The highest BCUT2D eigenvalue weighted by molar-refractivity contribution is 7.91. The molecule has 0 bridgehead atoms. The minimum absolute atomic E-state index is 0.0444. The lowest BCUT2D eigenvalue weighted by Crippen LogP contribution is -2.23. The number of allylic oxidation sites excluding steroid dienone is 4. The van der Waals surface area contributed by atoms with E-state index < -0.39 is 9.84 Å². The van der Waals surface area contributed by atoms with Crippen LogP contribution in [0, 0.1) is 12.8 Å². The average molecular weight is 536 g/mol. The van der Waals surface area contributed by atoms with Crippen LogP contribution in [0.2, 0.25) is 0 Å². The van der Waals surface area contributed by atoms with Gasteiger partial charge in [-0.3, -0.25) is 9.69 Å². The standard InChI is InChI=1S/C27H29N5O3S2/c1-3-22-26-23(15-32(22)16-24-28-13-18(2)14-29-24)36-27(31-26)30-25(33)12-19-8-10-21(11-9-19)37(34,35)17-20-6-4-5-7-20/h4-11,13-14,20,22H,3,12,15-17H2,1-2H3,(H,30,31,33)/t22-/m0/s1. The van der Waals surface area contributed by atoms with Crippen LogP contribution in [-0.2, 0) is 34.1 Å². The number of rotatable bonds is 9. The summed E-state index contributed by atoms with van der Waals surface area (Å²) in [6.45, 7) is 5.51. The number of anilines is 1. The zero-order chi connectivity index (χ0) is 26.0. The van der Waals surface area contributed by atoms with Crippen molar-refractivity contribution in [1.29, 1.82) is 0 Å². The molecule has 1 aliphatic heterocycles. The quantitative estimate of drug-likeness (QED) is 0.433. The summed E-state index contributed by atoms with van der Waals surface area (Å²) in [5.41, 5.74) is 2.79. The Hall–Kier alpha value is -3.21. The van der Waals surface area contributed by atoms with E-state index in [2.05, 4.69) is 27.1 Å². The number of carbonyl (C=O) groups is 1. The lowest BCUT2D eigenvalue weighted by Gasteiger charge is -2.22. The number of fused-ring (bicyclic) bond motifs is 1. The monoisotopic (exact) mass is 535 g/mol. The summed E-state index contributed by atoms with van der Waals surface area (Å²) in [7, 11) is -3.39. The molecule has 1 N–H and O–H groups in total. The van der Waals surface area contributed by atoms with Crippen molar-refractivity contribution in [3.63, 3.8) is 0 Å². The first kappa shape index (κ1) is 25.4. The molecule has 2 aromatic heterocycles. The molecular weight excluding hydrogens is 506 g/mol. The molecule has 8 nitrogen and oxygen atoms in total. The van der Waals surface area contributed by atoms with Crippen LogP contribution < -0.4 is 5.32 Å². The van der Waals surface area contributed by atoms with E-state index in [0.717, 1.165) is 40.5 Å². The second-order valence-corrected chi connectivity index (χ2v) is 12.5. The molecule has 0 fully saturated rings. The fourth-order valence-electron chi connectivity index (χ4n) is 4.66. The van der Waals surface area contributed by atoms with Crippen molar-refractivity contribution in [2.45, 2.75) is 50.7 Å². The molecule has 5 rings (SSSR count). The van der Waals surface area contributed by atoms with Gasteiger partial charge < -0.3 is 5.32 Å². The highest BCUT2D eigenvalue weighted by Crippen LogP contribution is 2.40. The first-order chi connectivity index (χ1) is 17.8. The van der Waals surface area contributed by atoms with E-state index in [1.807, 2.05) is 43.6 Å². The Morgan fingerprint density at radius 1 is 1.14 bits per heavy atom. The van der Waals surface area contributed by atoms with E-state index in [1.165, 1.54) is 11.3 Å². The molecule has 10 heteroatoms. The molecule has 3 heterocycles.